The molecular formula is C14H21NO4. The highest BCUT2D eigenvalue weighted by atomic mass is 16.6. The van der Waals surface area contributed by atoms with Crippen molar-refractivity contribution in [3.63, 3.8) is 0 Å². The zero-order chi connectivity index (χ0) is 14.4. The SMILES string of the molecule is C=C1CC2CC1N(C(=O)OC(C)(C)C)[C@@H]2C(=O)OC. The molecule has 0 aromatic carbocycles. The fraction of sp³-hybridized carbons (Fsp3) is 0.714. The third-order valence-corrected chi connectivity index (χ3v) is 3.65. The second-order valence-corrected chi connectivity index (χ2v) is 6.23. The number of fused-ring (bicyclic) bond motifs is 2. The maximum absolute atomic E-state index is 12.3. The molecule has 0 aromatic rings. The second-order valence-electron chi connectivity index (χ2n) is 6.23. The van der Waals surface area contributed by atoms with Crippen LogP contribution < -0.4 is 0 Å². The van der Waals surface area contributed by atoms with E-state index in [1.165, 1.54) is 12.0 Å². The molecule has 1 saturated carbocycles. The van der Waals surface area contributed by atoms with Gasteiger partial charge >= 0.3 is 12.1 Å². The van der Waals surface area contributed by atoms with Gasteiger partial charge in [-0.1, -0.05) is 12.2 Å². The molecule has 0 radical (unpaired) electrons. The first-order valence-electron chi connectivity index (χ1n) is 6.51. The van der Waals surface area contributed by atoms with Gasteiger partial charge in [-0.2, -0.15) is 0 Å². The van der Waals surface area contributed by atoms with Crippen LogP contribution in [0.1, 0.15) is 33.6 Å². The van der Waals surface area contributed by atoms with E-state index in [1.807, 2.05) is 0 Å². The van der Waals surface area contributed by atoms with Crippen LogP contribution in [0.5, 0.6) is 0 Å². The van der Waals surface area contributed by atoms with Crippen molar-refractivity contribution in [2.75, 3.05) is 7.11 Å². The Balaban J connectivity index is 2.22. The van der Waals surface area contributed by atoms with E-state index in [9.17, 15) is 9.59 Å². The maximum Gasteiger partial charge on any atom is 0.411 e. The molecule has 3 atom stereocenters. The smallest absolute Gasteiger partial charge is 0.411 e. The number of nitrogens with zero attached hydrogens (tertiary/aromatic N) is 1. The first kappa shape index (κ1) is 13.9. The highest BCUT2D eigenvalue weighted by molar-refractivity contribution is 5.84. The van der Waals surface area contributed by atoms with E-state index in [-0.39, 0.29) is 17.9 Å². The molecule has 2 bridgehead atoms. The first-order valence-corrected chi connectivity index (χ1v) is 6.51. The first-order chi connectivity index (χ1) is 8.74. The second kappa shape index (κ2) is 4.54. The lowest BCUT2D eigenvalue weighted by Gasteiger charge is -2.35. The Labute approximate surface area is 113 Å². The molecule has 1 aliphatic heterocycles. The van der Waals surface area contributed by atoms with E-state index in [0.29, 0.717) is 0 Å². The average molecular weight is 267 g/mol. The summed E-state index contributed by atoms with van der Waals surface area (Å²) in [5.74, 6) is -0.261. The third kappa shape index (κ3) is 2.46. The van der Waals surface area contributed by atoms with E-state index >= 15 is 0 Å². The van der Waals surface area contributed by atoms with Gasteiger partial charge in [0.15, 0.2) is 0 Å². The summed E-state index contributed by atoms with van der Waals surface area (Å²) in [6.45, 7) is 9.40. The summed E-state index contributed by atoms with van der Waals surface area (Å²) < 4.78 is 10.2. The summed E-state index contributed by atoms with van der Waals surface area (Å²) in [6.07, 6.45) is 1.10. The Bertz CT molecular complexity index is 424. The van der Waals surface area contributed by atoms with E-state index < -0.39 is 17.7 Å². The van der Waals surface area contributed by atoms with Gasteiger partial charge in [0.1, 0.15) is 11.6 Å². The monoisotopic (exact) mass is 267 g/mol. The Hall–Kier alpha value is -1.52. The van der Waals surface area contributed by atoms with Crippen LogP contribution >= 0.6 is 0 Å². The summed E-state index contributed by atoms with van der Waals surface area (Å²) in [7, 11) is 1.34. The Morgan fingerprint density at radius 3 is 2.53 bits per heavy atom. The summed E-state index contributed by atoms with van der Waals surface area (Å²) in [4.78, 5) is 25.7. The van der Waals surface area contributed by atoms with Crippen LogP contribution in [0.2, 0.25) is 0 Å². The van der Waals surface area contributed by atoms with Crippen LogP contribution in [-0.2, 0) is 14.3 Å². The standard InChI is InChI=1S/C14H21NO4/c1-8-6-9-7-10(8)15(11(9)12(16)18-5)13(17)19-14(2,3)4/h9-11H,1,6-7H2,2-5H3/t9?,10?,11-/m0/s1. The number of esters is 1. The van der Waals surface area contributed by atoms with Gasteiger partial charge in [0, 0.05) is 0 Å². The lowest BCUT2D eigenvalue weighted by molar-refractivity contribution is -0.147. The van der Waals surface area contributed by atoms with Crippen molar-refractivity contribution in [3.05, 3.63) is 12.2 Å². The molecule has 1 heterocycles. The van der Waals surface area contributed by atoms with E-state index in [0.717, 1.165) is 18.4 Å². The van der Waals surface area contributed by atoms with Gasteiger partial charge in [0.25, 0.3) is 0 Å². The van der Waals surface area contributed by atoms with Gasteiger partial charge in [-0.25, -0.2) is 9.59 Å². The van der Waals surface area contributed by atoms with Gasteiger partial charge in [0.2, 0.25) is 0 Å². The number of carbonyl (C=O) groups excluding carboxylic acids is 2. The van der Waals surface area contributed by atoms with Gasteiger partial charge in [-0.15, -0.1) is 0 Å². The molecule has 0 N–H and O–H groups in total. The summed E-state index contributed by atoms with van der Waals surface area (Å²) in [6, 6.07) is -0.626. The molecule has 1 saturated heterocycles. The number of rotatable bonds is 1. The van der Waals surface area contributed by atoms with Gasteiger partial charge in [-0.05, 0) is 39.5 Å². The zero-order valence-corrected chi connectivity index (χ0v) is 11.9. The summed E-state index contributed by atoms with van der Waals surface area (Å²) >= 11 is 0. The van der Waals surface area contributed by atoms with Crippen LogP contribution in [-0.4, -0.2) is 41.8 Å². The predicted octanol–water partition coefficient (Wildman–Crippen LogP) is 2.11. The van der Waals surface area contributed by atoms with Gasteiger partial charge in [0.05, 0.1) is 13.2 Å². The van der Waals surface area contributed by atoms with Crippen molar-refractivity contribution in [3.8, 4) is 0 Å². The summed E-state index contributed by atoms with van der Waals surface area (Å²) in [5.41, 5.74) is 0.414. The van der Waals surface area contributed by atoms with Crippen molar-refractivity contribution in [1.82, 2.24) is 4.90 Å². The number of methoxy groups -OCH3 is 1. The van der Waals surface area contributed by atoms with Crippen molar-refractivity contribution in [2.45, 2.75) is 51.3 Å². The molecule has 19 heavy (non-hydrogen) atoms. The van der Waals surface area contributed by atoms with Crippen molar-refractivity contribution in [1.29, 1.82) is 0 Å². The molecule has 1 aliphatic carbocycles. The predicted molar refractivity (Wildman–Crippen MR) is 69.5 cm³/mol. The minimum absolute atomic E-state index is 0.0936. The molecule has 2 fully saturated rings. The fourth-order valence-electron chi connectivity index (χ4n) is 2.96. The molecular weight excluding hydrogens is 246 g/mol. The minimum Gasteiger partial charge on any atom is -0.467 e. The van der Waals surface area contributed by atoms with Gasteiger partial charge < -0.3 is 9.47 Å². The molecule has 2 rings (SSSR count). The molecule has 5 nitrogen and oxygen atoms in total. The van der Waals surface area contributed by atoms with E-state index in [4.69, 9.17) is 9.47 Å². The lowest BCUT2D eigenvalue weighted by Crippen LogP contribution is -2.51. The normalized spacial score (nSPS) is 29.6. The number of carbonyl (C=O) groups is 2. The highest BCUT2D eigenvalue weighted by Crippen LogP contribution is 2.45. The quantitative estimate of drug-likeness (QED) is 0.539. The molecule has 0 aromatic heterocycles. The Kier molecular flexibility index (Phi) is 3.32. The largest absolute Gasteiger partial charge is 0.467 e. The number of hydrogen-bond acceptors (Lipinski definition) is 4. The third-order valence-electron chi connectivity index (χ3n) is 3.65. The molecule has 2 aliphatic rings. The number of amides is 1. The molecule has 5 heteroatoms. The lowest BCUT2D eigenvalue weighted by atomic mass is 9.97. The van der Waals surface area contributed by atoms with Gasteiger partial charge in [-0.3, -0.25) is 4.90 Å². The van der Waals surface area contributed by atoms with Crippen molar-refractivity contribution < 1.29 is 19.1 Å². The number of piperidine rings is 1. The van der Waals surface area contributed by atoms with Crippen molar-refractivity contribution in [2.24, 2.45) is 5.92 Å². The molecule has 2 unspecified atom stereocenters. The minimum atomic E-state index is -0.582. The highest BCUT2D eigenvalue weighted by Gasteiger charge is 2.54. The summed E-state index contributed by atoms with van der Waals surface area (Å²) in [5, 5.41) is 0. The van der Waals surface area contributed by atoms with Crippen LogP contribution in [0.15, 0.2) is 12.2 Å². The van der Waals surface area contributed by atoms with Crippen LogP contribution in [0.4, 0.5) is 4.79 Å². The topological polar surface area (TPSA) is 55.8 Å². The number of hydrogen-bond donors (Lipinski definition) is 0. The molecule has 1 amide bonds. The zero-order valence-electron chi connectivity index (χ0n) is 11.9. The van der Waals surface area contributed by atoms with E-state index in [1.54, 1.807) is 20.8 Å². The Morgan fingerprint density at radius 1 is 1.37 bits per heavy atom. The number of likely N-dealkylation sites (tertiary alicyclic amines) is 1. The fourth-order valence-corrected chi connectivity index (χ4v) is 2.96. The average Bonchev–Trinajstić information content (AvgIpc) is 2.81. The maximum atomic E-state index is 12.3. The van der Waals surface area contributed by atoms with Crippen LogP contribution in [0.3, 0.4) is 0 Å². The Morgan fingerprint density at radius 2 is 2.00 bits per heavy atom. The van der Waals surface area contributed by atoms with E-state index in [2.05, 4.69) is 6.58 Å². The van der Waals surface area contributed by atoms with Crippen molar-refractivity contribution >= 4 is 12.1 Å². The number of ether oxygens (including phenoxy) is 2. The molecule has 0 spiro atoms. The van der Waals surface area contributed by atoms with Crippen LogP contribution in [0, 0.1) is 5.92 Å². The van der Waals surface area contributed by atoms with Crippen LogP contribution in [0.25, 0.3) is 0 Å². The molecule has 106 valence electrons.